The zero-order valence-corrected chi connectivity index (χ0v) is 14.4. The van der Waals surface area contributed by atoms with Crippen molar-refractivity contribution in [3.63, 3.8) is 0 Å². The van der Waals surface area contributed by atoms with Crippen LogP contribution in [0.3, 0.4) is 0 Å². The van der Waals surface area contributed by atoms with E-state index in [0.717, 1.165) is 27.3 Å². The first-order chi connectivity index (χ1) is 12.7. The van der Waals surface area contributed by atoms with Crippen LogP contribution in [0.4, 0.5) is 0 Å². The van der Waals surface area contributed by atoms with Crippen LogP contribution in [0.15, 0.2) is 72.8 Å². The number of benzene rings is 4. The zero-order valence-electron chi connectivity index (χ0n) is 14.4. The van der Waals surface area contributed by atoms with E-state index in [2.05, 4.69) is 0 Å². The fourth-order valence-electron chi connectivity index (χ4n) is 3.40. The Labute approximate surface area is 151 Å². The van der Waals surface area contributed by atoms with E-state index in [-0.39, 0.29) is 17.9 Å². The molecule has 3 heteroatoms. The Morgan fingerprint density at radius 3 is 2.42 bits per heavy atom. The van der Waals surface area contributed by atoms with Gasteiger partial charge in [-0.25, -0.2) is 4.79 Å². The summed E-state index contributed by atoms with van der Waals surface area (Å²) in [6, 6.07) is 23.5. The van der Waals surface area contributed by atoms with Crippen molar-refractivity contribution >= 4 is 27.5 Å². The first-order valence-electron chi connectivity index (χ1n) is 8.60. The predicted octanol–water partition coefficient (Wildman–Crippen LogP) is 5.54. The van der Waals surface area contributed by atoms with Crippen LogP contribution in [0.2, 0.25) is 0 Å². The Bertz CT molecular complexity index is 1110. The Morgan fingerprint density at radius 1 is 0.923 bits per heavy atom. The summed E-state index contributed by atoms with van der Waals surface area (Å²) in [6.07, 6.45) is 0. The maximum Gasteiger partial charge on any atom is 0.341 e. The molecule has 128 valence electrons. The molecule has 0 saturated heterocycles. The molecule has 0 bridgehead atoms. The summed E-state index contributed by atoms with van der Waals surface area (Å²) in [5.74, 6) is -0.549. The number of esters is 1. The molecule has 0 heterocycles. The van der Waals surface area contributed by atoms with Gasteiger partial charge in [-0.3, -0.25) is 0 Å². The second kappa shape index (κ2) is 6.52. The molecule has 0 fully saturated rings. The van der Waals surface area contributed by atoms with Crippen LogP contribution in [0, 0.1) is 0 Å². The second-order valence-corrected chi connectivity index (χ2v) is 6.12. The number of hydrogen-bond acceptors (Lipinski definition) is 3. The van der Waals surface area contributed by atoms with Gasteiger partial charge < -0.3 is 9.84 Å². The van der Waals surface area contributed by atoms with E-state index >= 15 is 0 Å². The molecule has 0 amide bonds. The lowest BCUT2D eigenvalue weighted by Gasteiger charge is -2.15. The van der Waals surface area contributed by atoms with Crippen molar-refractivity contribution in [3.8, 4) is 16.9 Å². The summed E-state index contributed by atoms with van der Waals surface area (Å²) in [4.78, 5) is 12.4. The van der Waals surface area contributed by atoms with Crippen molar-refractivity contribution in [1.82, 2.24) is 0 Å². The highest BCUT2D eigenvalue weighted by molar-refractivity contribution is 6.18. The van der Waals surface area contributed by atoms with Crippen molar-refractivity contribution in [3.05, 3.63) is 78.4 Å². The number of fused-ring (bicyclic) bond motifs is 3. The van der Waals surface area contributed by atoms with E-state index in [1.165, 1.54) is 0 Å². The molecule has 0 atom stereocenters. The van der Waals surface area contributed by atoms with Gasteiger partial charge in [-0.2, -0.15) is 0 Å². The Hall–Kier alpha value is -3.33. The van der Waals surface area contributed by atoms with Crippen LogP contribution in [-0.4, -0.2) is 17.7 Å². The molecule has 0 aromatic heterocycles. The number of rotatable bonds is 3. The van der Waals surface area contributed by atoms with E-state index in [1.807, 2.05) is 66.7 Å². The van der Waals surface area contributed by atoms with Gasteiger partial charge in [-0.05, 0) is 40.3 Å². The normalized spacial score (nSPS) is 11.0. The van der Waals surface area contributed by atoms with Crippen LogP contribution in [0.1, 0.15) is 17.3 Å². The molecule has 0 unspecified atom stereocenters. The monoisotopic (exact) mass is 342 g/mol. The van der Waals surface area contributed by atoms with E-state index in [9.17, 15) is 9.90 Å². The molecule has 4 aromatic carbocycles. The smallest absolute Gasteiger partial charge is 0.341 e. The highest BCUT2D eigenvalue weighted by atomic mass is 16.5. The number of ether oxygens (including phenoxy) is 1. The van der Waals surface area contributed by atoms with Gasteiger partial charge in [-0.1, -0.05) is 66.7 Å². The van der Waals surface area contributed by atoms with E-state index < -0.39 is 5.97 Å². The van der Waals surface area contributed by atoms with Crippen molar-refractivity contribution in [1.29, 1.82) is 0 Å². The number of phenolic OH excluding ortho intramolecular Hbond substituents is 1. The molecule has 1 N–H and O–H groups in total. The van der Waals surface area contributed by atoms with Crippen LogP contribution >= 0.6 is 0 Å². The number of aromatic hydroxyl groups is 1. The number of carbonyl (C=O) groups is 1. The molecule has 3 nitrogen and oxygen atoms in total. The summed E-state index contributed by atoms with van der Waals surface area (Å²) in [5.41, 5.74) is 2.07. The van der Waals surface area contributed by atoms with Crippen LogP contribution < -0.4 is 0 Å². The lowest BCUT2D eigenvalue weighted by molar-refractivity contribution is 0.0523. The van der Waals surface area contributed by atoms with E-state index in [1.54, 1.807) is 13.0 Å². The SMILES string of the molecule is CCOC(=O)c1cc(-c2ccccc2)c2ccc3ccccc3c2c1O. The highest BCUT2D eigenvalue weighted by Crippen LogP contribution is 2.41. The van der Waals surface area contributed by atoms with Gasteiger partial charge in [0.05, 0.1) is 6.61 Å². The zero-order chi connectivity index (χ0) is 18.1. The van der Waals surface area contributed by atoms with Crippen molar-refractivity contribution in [2.75, 3.05) is 6.61 Å². The summed E-state index contributed by atoms with van der Waals surface area (Å²) in [7, 11) is 0. The lowest BCUT2D eigenvalue weighted by Crippen LogP contribution is -2.05. The number of phenols is 1. The van der Waals surface area contributed by atoms with Gasteiger partial charge in [0.1, 0.15) is 11.3 Å². The average Bonchev–Trinajstić information content (AvgIpc) is 2.68. The molecule has 0 aliphatic heterocycles. The minimum absolute atomic E-state index is 0.0325. The van der Waals surface area contributed by atoms with Crippen LogP contribution in [0.25, 0.3) is 32.7 Å². The Balaban J connectivity index is 2.15. The van der Waals surface area contributed by atoms with Gasteiger partial charge in [0, 0.05) is 5.39 Å². The first kappa shape index (κ1) is 16.2. The maximum absolute atomic E-state index is 12.4. The number of carbonyl (C=O) groups excluding carboxylic acids is 1. The molecular weight excluding hydrogens is 324 g/mol. The van der Waals surface area contributed by atoms with Gasteiger partial charge >= 0.3 is 5.97 Å². The topological polar surface area (TPSA) is 46.5 Å². The molecular formula is C23H18O3. The fraction of sp³-hybridized carbons (Fsp3) is 0.0870. The van der Waals surface area contributed by atoms with Crippen LogP contribution in [-0.2, 0) is 4.74 Å². The minimum atomic E-state index is -0.517. The third kappa shape index (κ3) is 2.58. The minimum Gasteiger partial charge on any atom is -0.506 e. The third-order valence-corrected chi connectivity index (χ3v) is 4.58. The van der Waals surface area contributed by atoms with E-state index in [0.29, 0.717) is 5.39 Å². The fourth-order valence-corrected chi connectivity index (χ4v) is 3.40. The summed E-state index contributed by atoms with van der Waals surface area (Å²) in [5, 5.41) is 14.4. The second-order valence-electron chi connectivity index (χ2n) is 6.12. The predicted molar refractivity (Wildman–Crippen MR) is 105 cm³/mol. The van der Waals surface area contributed by atoms with Gasteiger partial charge in [0.2, 0.25) is 0 Å². The van der Waals surface area contributed by atoms with E-state index in [4.69, 9.17) is 4.74 Å². The van der Waals surface area contributed by atoms with Crippen molar-refractivity contribution in [2.24, 2.45) is 0 Å². The van der Waals surface area contributed by atoms with Crippen molar-refractivity contribution in [2.45, 2.75) is 6.92 Å². The quantitative estimate of drug-likeness (QED) is 0.393. The molecule has 0 radical (unpaired) electrons. The highest BCUT2D eigenvalue weighted by Gasteiger charge is 2.20. The average molecular weight is 342 g/mol. The lowest BCUT2D eigenvalue weighted by atomic mass is 9.91. The molecule has 4 aromatic rings. The molecule has 0 saturated carbocycles. The molecule has 4 rings (SSSR count). The molecule has 0 spiro atoms. The summed E-state index contributed by atoms with van der Waals surface area (Å²) >= 11 is 0. The Kier molecular flexibility index (Phi) is 4.05. The largest absolute Gasteiger partial charge is 0.506 e. The third-order valence-electron chi connectivity index (χ3n) is 4.58. The first-order valence-corrected chi connectivity index (χ1v) is 8.60. The van der Waals surface area contributed by atoms with Crippen molar-refractivity contribution < 1.29 is 14.6 Å². The van der Waals surface area contributed by atoms with Gasteiger partial charge in [0.15, 0.2) is 0 Å². The van der Waals surface area contributed by atoms with Crippen LogP contribution in [0.5, 0.6) is 5.75 Å². The standard InChI is InChI=1S/C23H18O3/c1-2-26-23(25)20-14-19(15-8-4-3-5-9-15)18-13-12-16-10-6-7-11-17(16)21(18)22(20)24/h3-14,24H,2H2,1H3. The molecule has 0 aliphatic rings. The number of hydrogen-bond donors (Lipinski definition) is 1. The Morgan fingerprint density at radius 2 is 1.65 bits per heavy atom. The maximum atomic E-state index is 12.4. The van der Waals surface area contributed by atoms with Gasteiger partial charge in [-0.15, -0.1) is 0 Å². The summed E-state index contributed by atoms with van der Waals surface area (Å²) in [6.45, 7) is 2.01. The molecule has 26 heavy (non-hydrogen) atoms. The van der Waals surface area contributed by atoms with Gasteiger partial charge in [0.25, 0.3) is 0 Å². The summed E-state index contributed by atoms with van der Waals surface area (Å²) < 4.78 is 5.16. The molecule has 0 aliphatic carbocycles.